The molecule has 0 heterocycles. The molecule has 0 radical (unpaired) electrons. The minimum Gasteiger partial charge on any atom is -0.497 e. The Hall–Kier alpha value is -1.06. The first kappa shape index (κ1) is 15.0. The second kappa shape index (κ2) is 8.95. The molecule has 0 aliphatic heterocycles. The van der Waals surface area contributed by atoms with Crippen molar-refractivity contribution in [3.8, 4) is 5.75 Å². The third kappa shape index (κ3) is 6.62. The smallest absolute Gasteiger partial charge is 0.118 e. The van der Waals surface area contributed by atoms with Gasteiger partial charge in [0, 0.05) is 12.6 Å². The standard InChI is InChI=1S/C15H25NO2/c1-13(2)16-10-4-5-11-18-12-14-6-8-15(17-3)9-7-14/h6-9,13,16H,4-5,10-12H2,1-3H3. The number of ether oxygens (including phenoxy) is 2. The van der Waals surface area contributed by atoms with Crippen molar-refractivity contribution in [2.45, 2.75) is 39.3 Å². The summed E-state index contributed by atoms with van der Waals surface area (Å²) in [5.74, 6) is 0.888. The zero-order chi connectivity index (χ0) is 13.2. The molecule has 0 aliphatic rings. The molecule has 1 aromatic rings. The molecule has 0 saturated heterocycles. The van der Waals surface area contributed by atoms with Crippen molar-refractivity contribution in [2.75, 3.05) is 20.3 Å². The van der Waals surface area contributed by atoms with E-state index in [-0.39, 0.29) is 0 Å². The van der Waals surface area contributed by atoms with Crippen LogP contribution in [0.25, 0.3) is 0 Å². The lowest BCUT2D eigenvalue weighted by atomic mass is 10.2. The zero-order valence-electron chi connectivity index (χ0n) is 11.7. The van der Waals surface area contributed by atoms with Gasteiger partial charge in [-0.15, -0.1) is 0 Å². The summed E-state index contributed by atoms with van der Waals surface area (Å²) in [5, 5.41) is 3.40. The highest BCUT2D eigenvalue weighted by molar-refractivity contribution is 5.26. The molecule has 1 rings (SSSR count). The summed E-state index contributed by atoms with van der Waals surface area (Å²) in [6.07, 6.45) is 2.27. The van der Waals surface area contributed by atoms with E-state index in [9.17, 15) is 0 Å². The van der Waals surface area contributed by atoms with E-state index in [2.05, 4.69) is 19.2 Å². The fraction of sp³-hybridized carbons (Fsp3) is 0.600. The summed E-state index contributed by atoms with van der Waals surface area (Å²) in [6, 6.07) is 8.58. The molecule has 0 spiro atoms. The molecule has 1 aromatic carbocycles. The van der Waals surface area contributed by atoms with E-state index in [4.69, 9.17) is 9.47 Å². The van der Waals surface area contributed by atoms with Crippen molar-refractivity contribution >= 4 is 0 Å². The largest absolute Gasteiger partial charge is 0.497 e. The normalized spacial score (nSPS) is 10.9. The van der Waals surface area contributed by atoms with Gasteiger partial charge in [-0.05, 0) is 37.1 Å². The number of unbranched alkanes of at least 4 members (excludes halogenated alkanes) is 1. The molecule has 0 unspecified atom stereocenters. The van der Waals surface area contributed by atoms with Gasteiger partial charge in [0.1, 0.15) is 5.75 Å². The van der Waals surface area contributed by atoms with Gasteiger partial charge in [-0.1, -0.05) is 26.0 Å². The Kier molecular flexibility index (Phi) is 7.46. The fourth-order valence-corrected chi connectivity index (χ4v) is 1.63. The van der Waals surface area contributed by atoms with Gasteiger partial charge < -0.3 is 14.8 Å². The van der Waals surface area contributed by atoms with Crippen LogP contribution in [0, 0.1) is 0 Å². The molecule has 0 aromatic heterocycles. The summed E-state index contributed by atoms with van der Waals surface area (Å²) in [6.45, 7) is 6.91. The summed E-state index contributed by atoms with van der Waals surface area (Å²) >= 11 is 0. The summed E-state index contributed by atoms with van der Waals surface area (Å²) in [4.78, 5) is 0. The maximum Gasteiger partial charge on any atom is 0.118 e. The fourth-order valence-electron chi connectivity index (χ4n) is 1.63. The maximum absolute atomic E-state index is 5.63. The Morgan fingerprint density at radius 1 is 1.11 bits per heavy atom. The first-order valence-electron chi connectivity index (χ1n) is 6.66. The number of nitrogens with one attached hydrogen (secondary N) is 1. The summed E-state index contributed by atoms with van der Waals surface area (Å²) in [5.41, 5.74) is 1.19. The lowest BCUT2D eigenvalue weighted by molar-refractivity contribution is 0.117. The highest BCUT2D eigenvalue weighted by atomic mass is 16.5. The Morgan fingerprint density at radius 3 is 2.44 bits per heavy atom. The Balaban J connectivity index is 2.03. The van der Waals surface area contributed by atoms with Crippen LogP contribution in [-0.2, 0) is 11.3 Å². The lowest BCUT2D eigenvalue weighted by Gasteiger charge is -2.08. The van der Waals surface area contributed by atoms with Crippen molar-refractivity contribution in [1.82, 2.24) is 5.32 Å². The number of hydrogen-bond donors (Lipinski definition) is 1. The molecule has 0 fully saturated rings. The lowest BCUT2D eigenvalue weighted by Crippen LogP contribution is -2.23. The first-order valence-corrected chi connectivity index (χ1v) is 6.66. The van der Waals surface area contributed by atoms with Crippen LogP contribution < -0.4 is 10.1 Å². The van der Waals surface area contributed by atoms with E-state index < -0.39 is 0 Å². The molecule has 0 amide bonds. The van der Waals surface area contributed by atoms with Crippen molar-refractivity contribution in [3.05, 3.63) is 29.8 Å². The highest BCUT2D eigenvalue weighted by Gasteiger charge is 1.96. The highest BCUT2D eigenvalue weighted by Crippen LogP contribution is 2.11. The van der Waals surface area contributed by atoms with Gasteiger partial charge >= 0.3 is 0 Å². The Labute approximate surface area is 110 Å². The number of hydrogen-bond acceptors (Lipinski definition) is 3. The average molecular weight is 251 g/mol. The monoisotopic (exact) mass is 251 g/mol. The van der Waals surface area contributed by atoms with Gasteiger partial charge in [0.15, 0.2) is 0 Å². The quantitative estimate of drug-likeness (QED) is 0.684. The molecule has 3 nitrogen and oxygen atoms in total. The van der Waals surface area contributed by atoms with Crippen LogP contribution in [0.5, 0.6) is 5.75 Å². The predicted molar refractivity (Wildman–Crippen MR) is 75.0 cm³/mol. The molecule has 0 atom stereocenters. The zero-order valence-corrected chi connectivity index (χ0v) is 11.7. The molecule has 0 aliphatic carbocycles. The minimum absolute atomic E-state index is 0.574. The van der Waals surface area contributed by atoms with E-state index in [1.54, 1.807) is 7.11 Å². The van der Waals surface area contributed by atoms with Gasteiger partial charge in [-0.25, -0.2) is 0 Å². The van der Waals surface area contributed by atoms with Crippen molar-refractivity contribution < 1.29 is 9.47 Å². The Morgan fingerprint density at radius 2 is 1.83 bits per heavy atom. The Bertz CT molecular complexity index is 309. The predicted octanol–water partition coefficient (Wildman–Crippen LogP) is 2.99. The van der Waals surface area contributed by atoms with E-state index in [0.29, 0.717) is 12.6 Å². The molecular formula is C15H25NO2. The first-order chi connectivity index (χ1) is 8.72. The van der Waals surface area contributed by atoms with E-state index in [1.165, 1.54) is 12.0 Å². The van der Waals surface area contributed by atoms with Gasteiger partial charge in [-0.2, -0.15) is 0 Å². The van der Waals surface area contributed by atoms with Crippen molar-refractivity contribution in [1.29, 1.82) is 0 Å². The summed E-state index contributed by atoms with van der Waals surface area (Å²) < 4.78 is 10.7. The molecule has 0 saturated carbocycles. The van der Waals surface area contributed by atoms with Crippen LogP contribution in [-0.4, -0.2) is 26.3 Å². The average Bonchev–Trinajstić information content (AvgIpc) is 2.38. The third-order valence-electron chi connectivity index (χ3n) is 2.70. The minimum atomic E-state index is 0.574. The number of methoxy groups -OCH3 is 1. The second-order valence-electron chi connectivity index (χ2n) is 4.72. The van der Waals surface area contributed by atoms with Crippen molar-refractivity contribution in [2.24, 2.45) is 0 Å². The van der Waals surface area contributed by atoms with E-state index >= 15 is 0 Å². The number of benzene rings is 1. The molecule has 3 heteroatoms. The molecule has 18 heavy (non-hydrogen) atoms. The van der Waals surface area contributed by atoms with Gasteiger partial charge in [-0.3, -0.25) is 0 Å². The van der Waals surface area contributed by atoms with E-state index in [0.717, 1.165) is 25.3 Å². The van der Waals surface area contributed by atoms with Crippen LogP contribution in [0.4, 0.5) is 0 Å². The molecule has 1 N–H and O–H groups in total. The summed E-state index contributed by atoms with van der Waals surface area (Å²) in [7, 11) is 1.68. The SMILES string of the molecule is COc1ccc(COCCCCNC(C)C)cc1. The van der Waals surface area contributed by atoms with Crippen LogP contribution >= 0.6 is 0 Å². The van der Waals surface area contributed by atoms with E-state index in [1.807, 2.05) is 24.3 Å². The van der Waals surface area contributed by atoms with Gasteiger partial charge in [0.05, 0.1) is 13.7 Å². The van der Waals surface area contributed by atoms with Crippen LogP contribution in [0.2, 0.25) is 0 Å². The maximum atomic E-state index is 5.63. The number of rotatable bonds is 9. The van der Waals surface area contributed by atoms with Gasteiger partial charge in [0.2, 0.25) is 0 Å². The van der Waals surface area contributed by atoms with Gasteiger partial charge in [0.25, 0.3) is 0 Å². The van der Waals surface area contributed by atoms with Crippen LogP contribution in [0.15, 0.2) is 24.3 Å². The van der Waals surface area contributed by atoms with Crippen molar-refractivity contribution in [3.63, 3.8) is 0 Å². The molecular weight excluding hydrogens is 226 g/mol. The molecule has 102 valence electrons. The third-order valence-corrected chi connectivity index (χ3v) is 2.70. The molecule has 0 bridgehead atoms. The van der Waals surface area contributed by atoms with Crippen LogP contribution in [0.3, 0.4) is 0 Å². The van der Waals surface area contributed by atoms with Crippen LogP contribution in [0.1, 0.15) is 32.3 Å². The topological polar surface area (TPSA) is 30.5 Å². The second-order valence-corrected chi connectivity index (χ2v) is 4.72.